The maximum atomic E-state index is 11.7. The van der Waals surface area contributed by atoms with Crippen molar-refractivity contribution < 1.29 is 14.6 Å². The summed E-state index contributed by atoms with van der Waals surface area (Å²) in [6, 6.07) is 18.9. The number of carbonyl (C=O) groups is 1. The Balaban J connectivity index is 1.71. The zero-order valence-electron chi connectivity index (χ0n) is 16.7. The first-order valence-electron chi connectivity index (χ1n) is 9.76. The van der Waals surface area contributed by atoms with Gasteiger partial charge in [-0.3, -0.25) is 0 Å². The van der Waals surface area contributed by atoms with Gasteiger partial charge in [0, 0.05) is 23.9 Å². The molecule has 5 nitrogen and oxygen atoms in total. The van der Waals surface area contributed by atoms with Gasteiger partial charge in [-0.15, -0.1) is 0 Å². The van der Waals surface area contributed by atoms with Crippen LogP contribution in [0.5, 0.6) is 0 Å². The van der Waals surface area contributed by atoms with Gasteiger partial charge in [-0.25, -0.2) is 9.10 Å². The summed E-state index contributed by atoms with van der Waals surface area (Å²) in [4.78, 5) is 12.9. The molecule has 2 N–H and O–H groups in total. The SMILES string of the molecule is C=CCOC(=O)NC[C@@](C)(O)CN1C[C@@H](c2ccccc2)Cc2ccccc2S1. The topological polar surface area (TPSA) is 61.8 Å². The van der Waals surface area contributed by atoms with Gasteiger partial charge < -0.3 is 15.2 Å². The van der Waals surface area contributed by atoms with E-state index in [0.717, 1.165) is 13.0 Å². The molecule has 0 saturated heterocycles. The highest BCUT2D eigenvalue weighted by Crippen LogP contribution is 2.37. The molecule has 6 heteroatoms. The molecule has 0 fully saturated rings. The van der Waals surface area contributed by atoms with Crippen LogP contribution in [0.4, 0.5) is 4.79 Å². The maximum absolute atomic E-state index is 11.7. The van der Waals surface area contributed by atoms with E-state index in [0.29, 0.717) is 12.5 Å². The molecule has 3 rings (SSSR count). The van der Waals surface area contributed by atoms with E-state index in [1.54, 1.807) is 18.9 Å². The highest BCUT2D eigenvalue weighted by molar-refractivity contribution is 7.97. The van der Waals surface area contributed by atoms with E-state index in [2.05, 4.69) is 58.7 Å². The first-order chi connectivity index (χ1) is 14.0. The number of ether oxygens (including phenoxy) is 1. The Morgan fingerprint density at radius 1 is 1.31 bits per heavy atom. The second kappa shape index (κ2) is 9.96. The lowest BCUT2D eigenvalue weighted by molar-refractivity contribution is 0.0406. The number of fused-ring (bicyclic) bond motifs is 1. The van der Waals surface area contributed by atoms with Crippen molar-refractivity contribution >= 4 is 18.0 Å². The molecule has 2 atom stereocenters. The second-order valence-corrected chi connectivity index (χ2v) is 8.71. The molecule has 154 valence electrons. The number of hydrogen-bond donors (Lipinski definition) is 2. The van der Waals surface area contributed by atoms with Crippen LogP contribution in [0.2, 0.25) is 0 Å². The van der Waals surface area contributed by atoms with Crippen LogP contribution in [0.15, 0.2) is 72.1 Å². The molecule has 1 aliphatic rings. The third kappa shape index (κ3) is 6.35. The van der Waals surface area contributed by atoms with E-state index in [4.69, 9.17) is 4.74 Å². The molecular formula is C23H28N2O3S. The molecule has 2 aromatic rings. The van der Waals surface area contributed by atoms with Crippen molar-refractivity contribution in [2.75, 3.05) is 26.2 Å². The van der Waals surface area contributed by atoms with Gasteiger partial charge in [0.1, 0.15) is 6.61 Å². The summed E-state index contributed by atoms with van der Waals surface area (Å²) in [5.41, 5.74) is 1.51. The van der Waals surface area contributed by atoms with Crippen molar-refractivity contribution in [3.63, 3.8) is 0 Å². The number of hydrogen-bond acceptors (Lipinski definition) is 5. The number of amides is 1. The van der Waals surface area contributed by atoms with Crippen LogP contribution in [-0.2, 0) is 11.2 Å². The quantitative estimate of drug-likeness (QED) is 0.532. The van der Waals surface area contributed by atoms with Gasteiger partial charge >= 0.3 is 6.09 Å². The molecule has 0 radical (unpaired) electrons. The number of benzene rings is 2. The standard InChI is InChI=1S/C23H28N2O3S/c1-3-13-28-22(26)24-16-23(2,27)17-25-15-20(18-9-5-4-6-10-18)14-19-11-7-8-12-21(19)29-25/h3-12,20,27H,1,13-17H2,2H3,(H,24,26)/t20-,23+/m0/s1. The first-order valence-corrected chi connectivity index (χ1v) is 10.5. The molecule has 0 saturated carbocycles. The van der Waals surface area contributed by atoms with E-state index in [1.807, 2.05) is 12.1 Å². The summed E-state index contributed by atoms with van der Waals surface area (Å²) in [6.07, 6.45) is 1.91. The minimum absolute atomic E-state index is 0.109. The molecule has 0 bridgehead atoms. The lowest BCUT2D eigenvalue weighted by Crippen LogP contribution is -2.47. The van der Waals surface area contributed by atoms with Gasteiger partial charge in [0.25, 0.3) is 0 Å². The smallest absolute Gasteiger partial charge is 0.407 e. The average molecular weight is 413 g/mol. The number of rotatable bonds is 7. The molecule has 2 aromatic carbocycles. The molecule has 0 unspecified atom stereocenters. The molecule has 0 aliphatic carbocycles. The Labute approximate surface area is 176 Å². The third-order valence-corrected chi connectivity index (χ3v) is 5.96. The average Bonchev–Trinajstić information content (AvgIpc) is 2.90. The van der Waals surface area contributed by atoms with Crippen LogP contribution in [0.1, 0.15) is 24.0 Å². The number of β-amino-alcohol motifs (C(OH)–C–C–N with tert-alkyl or cyclic N) is 1. The van der Waals surface area contributed by atoms with Crippen molar-refractivity contribution in [2.45, 2.75) is 29.8 Å². The molecule has 1 aliphatic heterocycles. The minimum atomic E-state index is -1.10. The Morgan fingerprint density at radius 2 is 2.03 bits per heavy atom. The molecule has 1 heterocycles. The van der Waals surface area contributed by atoms with E-state index < -0.39 is 11.7 Å². The fourth-order valence-corrected chi connectivity index (χ4v) is 4.73. The van der Waals surface area contributed by atoms with Crippen LogP contribution >= 0.6 is 11.9 Å². The summed E-state index contributed by atoms with van der Waals surface area (Å²) >= 11 is 1.67. The molecule has 0 spiro atoms. The number of carbonyl (C=O) groups excluding carboxylic acids is 1. The van der Waals surface area contributed by atoms with E-state index in [9.17, 15) is 9.90 Å². The van der Waals surface area contributed by atoms with Crippen molar-refractivity contribution in [3.05, 3.63) is 78.4 Å². The fourth-order valence-electron chi connectivity index (χ4n) is 3.44. The minimum Gasteiger partial charge on any atom is -0.445 e. The van der Waals surface area contributed by atoms with Crippen LogP contribution in [0.3, 0.4) is 0 Å². The van der Waals surface area contributed by atoms with Crippen LogP contribution < -0.4 is 5.32 Å². The number of nitrogens with one attached hydrogen (secondary N) is 1. The van der Waals surface area contributed by atoms with E-state index in [-0.39, 0.29) is 13.2 Å². The largest absolute Gasteiger partial charge is 0.445 e. The summed E-state index contributed by atoms with van der Waals surface area (Å²) in [5, 5.41) is 13.5. The molecular weight excluding hydrogens is 384 g/mol. The van der Waals surface area contributed by atoms with E-state index >= 15 is 0 Å². The Bertz CT molecular complexity index is 826. The van der Waals surface area contributed by atoms with Gasteiger partial charge in [-0.2, -0.15) is 0 Å². The maximum Gasteiger partial charge on any atom is 0.407 e. The van der Waals surface area contributed by atoms with Crippen molar-refractivity contribution in [1.29, 1.82) is 0 Å². The van der Waals surface area contributed by atoms with Gasteiger partial charge in [0.2, 0.25) is 0 Å². The summed E-state index contributed by atoms with van der Waals surface area (Å²) < 4.78 is 7.11. The summed E-state index contributed by atoms with van der Waals surface area (Å²) in [6.45, 7) is 6.72. The molecule has 1 amide bonds. The monoisotopic (exact) mass is 412 g/mol. The Hall–Kier alpha value is -2.28. The van der Waals surface area contributed by atoms with Crippen molar-refractivity contribution in [3.8, 4) is 0 Å². The van der Waals surface area contributed by atoms with Gasteiger partial charge in [0.15, 0.2) is 0 Å². The van der Waals surface area contributed by atoms with Crippen molar-refractivity contribution in [1.82, 2.24) is 9.62 Å². The lowest BCUT2D eigenvalue weighted by Gasteiger charge is -2.31. The number of aliphatic hydroxyl groups is 1. The zero-order chi connectivity index (χ0) is 20.7. The predicted octanol–water partition coefficient (Wildman–Crippen LogP) is 4.00. The van der Waals surface area contributed by atoms with E-state index in [1.165, 1.54) is 22.1 Å². The lowest BCUT2D eigenvalue weighted by atomic mass is 9.91. The predicted molar refractivity (Wildman–Crippen MR) is 117 cm³/mol. The summed E-state index contributed by atoms with van der Waals surface area (Å²) in [7, 11) is 0. The number of alkyl carbamates (subject to hydrolysis) is 1. The van der Waals surface area contributed by atoms with Crippen molar-refractivity contribution in [2.24, 2.45) is 0 Å². The normalized spacial score (nSPS) is 18.8. The third-order valence-electron chi connectivity index (χ3n) is 4.82. The zero-order valence-corrected chi connectivity index (χ0v) is 17.5. The van der Waals surface area contributed by atoms with Crippen LogP contribution in [0.25, 0.3) is 0 Å². The van der Waals surface area contributed by atoms with Crippen LogP contribution in [0, 0.1) is 0 Å². The van der Waals surface area contributed by atoms with Gasteiger partial charge in [0.05, 0.1) is 12.1 Å². The Kier molecular flexibility index (Phi) is 7.36. The van der Waals surface area contributed by atoms with Crippen LogP contribution in [-0.4, -0.2) is 47.3 Å². The van der Waals surface area contributed by atoms with Gasteiger partial charge in [-0.05, 0) is 42.5 Å². The Morgan fingerprint density at radius 3 is 2.79 bits per heavy atom. The first kappa shape index (κ1) is 21.4. The van der Waals surface area contributed by atoms with Gasteiger partial charge in [-0.1, -0.05) is 61.2 Å². The number of nitrogens with zero attached hydrogens (tertiary/aromatic N) is 1. The molecule has 29 heavy (non-hydrogen) atoms. The highest BCUT2D eigenvalue weighted by Gasteiger charge is 2.30. The fraction of sp³-hybridized carbons (Fsp3) is 0.348. The highest BCUT2D eigenvalue weighted by atomic mass is 32.2. The second-order valence-electron chi connectivity index (χ2n) is 7.57. The molecule has 0 aromatic heterocycles. The summed E-state index contributed by atoms with van der Waals surface area (Å²) in [5.74, 6) is 0.327.